The third-order valence-corrected chi connectivity index (χ3v) is 4.59. The van der Waals surface area contributed by atoms with Crippen LogP contribution < -0.4 is 5.43 Å². The number of benzene rings is 3. The van der Waals surface area contributed by atoms with Gasteiger partial charge in [-0.1, -0.05) is 53.6 Å². The number of nitrogens with zero attached hydrogens (tertiary/aromatic N) is 1. The molecule has 0 saturated carbocycles. The lowest BCUT2D eigenvalue weighted by Gasteiger charge is -2.35. The largest absolute Gasteiger partial charge is 0.272 e. The zero-order chi connectivity index (χ0) is 20.5. The molecule has 4 nitrogen and oxygen atoms in total. The van der Waals surface area contributed by atoms with Crippen LogP contribution in [0, 0.1) is 13.8 Å². The van der Waals surface area contributed by atoms with Crippen molar-refractivity contribution >= 4 is 22.6 Å². The summed E-state index contributed by atoms with van der Waals surface area (Å²) in [5.41, 5.74) is 5.39. The summed E-state index contributed by atoms with van der Waals surface area (Å²) in [6, 6.07) is 19.0. The Balaban J connectivity index is 1.97. The van der Waals surface area contributed by atoms with Crippen molar-refractivity contribution in [3.05, 3.63) is 82.9 Å². The van der Waals surface area contributed by atoms with Gasteiger partial charge in [-0.2, -0.15) is 0 Å². The highest BCUT2D eigenvalue weighted by atomic mass is 16.2. The summed E-state index contributed by atoms with van der Waals surface area (Å²) in [5.74, 6) is -0.530. The predicted octanol–water partition coefficient (Wildman–Crippen LogP) is 5.04. The highest BCUT2D eigenvalue weighted by Crippen LogP contribution is 2.21. The molecule has 0 unspecified atom stereocenters. The molecule has 0 aliphatic heterocycles. The molecule has 0 spiro atoms. The minimum atomic E-state index is -0.588. The zero-order valence-corrected chi connectivity index (χ0v) is 17.0. The fourth-order valence-corrected chi connectivity index (χ4v) is 3.34. The lowest BCUT2D eigenvalue weighted by atomic mass is 10.0. The van der Waals surface area contributed by atoms with Crippen molar-refractivity contribution in [1.82, 2.24) is 10.4 Å². The Bertz CT molecular complexity index is 1020. The number of fused-ring (bicyclic) bond motifs is 1. The van der Waals surface area contributed by atoms with Gasteiger partial charge in [0.2, 0.25) is 0 Å². The Kier molecular flexibility index (Phi) is 5.23. The van der Waals surface area contributed by atoms with Crippen molar-refractivity contribution in [3.63, 3.8) is 0 Å². The van der Waals surface area contributed by atoms with Crippen LogP contribution in [-0.2, 0) is 0 Å². The van der Waals surface area contributed by atoms with Gasteiger partial charge in [-0.25, -0.2) is 5.01 Å². The predicted molar refractivity (Wildman–Crippen MR) is 113 cm³/mol. The number of hydrogen-bond acceptors (Lipinski definition) is 2. The van der Waals surface area contributed by atoms with E-state index in [-0.39, 0.29) is 11.8 Å². The first kappa shape index (κ1) is 19.6. The molecule has 3 rings (SSSR count). The van der Waals surface area contributed by atoms with Crippen molar-refractivity contribution in [1.29, 1.82) is 0 Å². The maximum Gasteiger partial charge on any atom is 0.272 e. The van der Waals surface area contributed by atoms with Gasteiger partial charge in [0.15, 0.2) is 0 Å². The van der Waals surface area contributed by atoms with E-state index in [2.05, 4.69) is 5.43 Å². The molecule has 144 valence electrons. The highest BCUT2D eigenvalue weighted by molar-refractivity contribution is 6.08. The molecule has 1 N–H and O–H groups in total. The van der Waals surface area contributed by atoms with Crippen LogP contribution in [0.15, 0.2) is 60.7 Å². The van der Waals surface area contributed by atoms with Gasteiger partial charge in [0.25, 0.3) is 11.8 Å². The molecule has 4 heteroatoms. The zero-order valence-electron chi connectivity index (χ0n) is 17.0. The Morgan fingerprint density at radius 2 is 1.46 bits per heavy atom. The van der Waals surface area contributed by atoms with Crippen LogP contribution in [0.3, 0.4) is 0 Å². The van der Waals surface area contributed by atoms with Gasteiger partial charge in [-0.3, -0.25) is 15.0 Å². The number of aryl methyl sites for hydroxylation is 2. The number of amides is 2. The minimum absolute atomic E-state index is 0.229. The van der Waals surface area contributed by atoms with E-state index in [1.807, 2.05) is 89.2 Å². The second-order valence-electron chi connectivity index (χ2n) is 8.16. The van der Waals surface area contributed by atoms with Gasteiger partial charge in [-0.15, -0.1) is 0 Å². The molecule has 0 aliphatic rings. The molecular formula is C24H26N2O2. The van der Waals surface area contributed by atoms with Crippen LogP contribution >= 0.6 is 0 Å². The van der Waals surface area contributed by atoms with E-state index >= 15 is 0 Å². The molecular weight excluding hydrogens is 348 g/mol. The van der Waals surface area contributed by atoms with Crippen molar-refractivity contribution in [3.8, 4) is 0 Å². The van der Waals surface area contributed by atoms with Gasteiger partial charge >= 0.3 is 0 Å². The Labute approximate surface area is 166 Å². The quantitative estimate of drug-likeness (QED) is 0.639. The van der Waals surface area contributed by atoms with Crippen LogP contribution in [0.2, 0.25) is 0 Å². The summed E-state index contributed by atoms with van der Waals surface area (Å²) in [5, 5.41) is 3.26. The minimum Gasteiger partial charge on any atom is -0.267 e. The standard InChI is InChI=1S/C24H26N2O2/c1-16-13-17(2)15-19(14-16)23(28)26(24(3,4)5)25-22(27)21-12-8-10-18-9-6-7-11-20(18)21/h6-15H,1-5H3,(H,25,27). The summed E-state index contributed by atoms with van der Waals surface area (Å²) in [7, 11) is 0. The van der Waals surface area contributed by atoms with Crippen molar-refractivity contribution in [2.75, 3.05) is 0 Å². The van der Waals surface area contributed by atoms with E-state index in [9.17, 15) is 9.59 Å². The van der Waals surface area contributed by atoms with E-state index in [0.717, 1.165) is 21.9 Å². The second kappa shape index (κ2) is 7.47. The van der Waals surface area contributed by atoms with Crippen molar-refractivity contribution in [2.45, 2.75) is 40.2 Å². The third kappa shape index (κ3) is 4.06. The van der Waals surface area contributed by atoms with Gasteiger partial charge in [0.05, 0.1) is 5.54 Å². The monoisotopic (exact) mass is 374 g/mol. The lowest BCUT2D eigenvalue weighted by molar-refractivity contribution is 0.0359. The van der Waals surface area contributed by atoms with E-state index in [1.54, 1.807) is 6.07 Å². The normalized spacial score (nSPS) is 11.3. The Morgan fingerprint density at radius 3 is 2.11 bits per heavy atom. The Hall–Kier alpha value is -3.14. The molecule has 0 fully saturated rings. The van der Waals surface area contributed by atoms with Crippen LogP contribution in [0.1, 0.15) is 52.6 Å². The second-order valence-corrected chi connectivity index (χ2v) is 8.16. The maximum atomic E-state index is 13.2. The molecule has 0 saturated heterocycles. The topological polar surface area (TPSA) is 49.4 Å². The number of carbonyl (C=O) groups excluding carboxylic acids is 2. The molecule has 3 aromatic rings. The number of nitrogens with one attached hydrogen (secondary N) is 1. The molecule has 0 bridgehead atoms. The van der Waals surface area contributed by atoms with Crippen molar-refractivity contribution in [2.24, 2.45) is 0 Å². The van der Waals surface area contributed by atoms with E-state index in [4.69, 9.17) is 0 Å². The van der Waals surface area contributed by atoms with Gasteiger partial charge < -0.3 is 0 Å². The molecule has 0 heterocycles. The summed E-state index contributed by atoms with van der Waals surface area (Å²) in [6.45, 7) is 9.62. The number of rotatable bonds is 2. The average molecular weight is 374 g/mol. The third-order valence-electron chi connectivity index (χ3n) is 4.59. The van der Waals surface area contributed by atoms with Crippen LogP contribution in [0.4, 0.5) is 0 Å². The molecule has 2 amide bonds. The van der Waals surface area contributed by atoms with E-state index in [1.165, 1.54) is 5.01 Å². The summed E-state index contributed by atoms with van der Waals surface area (Å²) in [6.07, 6.45) is 0. The first-order valence-electron chi connectivity index (χ1n) is 9.38. The fourth-order valence-electron chi connectivity index (χ4n) is 3.34. The molecule has 28 heavy (non-hydrogen) atoms. The first-order chi connectivity index (χ1) is 13.2. The van der Waals surface area contributed by atoms with Crippen LogP contribution in [0.5, 0.6) is 0 Å². The Morgan fingerprint density at radius 1 is 0.857 bits per heavy atom. The van der Waals surface area contributed by atoms with Gasteiger partial charge in [0.1, 0.15) is 0 Å². The molecule has 0 radical (unpaired) electrons. The van der Waals surface area contributed by atoms with E-state index in [0.29, 0.717) is 11.1 Å². The maximum absolute atomic E-state index is 13.2. The summed E-state index contributed by atoms with van der Waals surface area (Å²) >= 11 is 0. The number of hydrogen-bond donors (Lipinski definition) is 1. The van der Waals surface area contributed by atoms with Gasteiger partial charge in [0, 0.05) is 11.1 Å². The molecule has 0 aliphatic carbocycles. The molecule has 0 aromatic heterocycles. The summed E-state index contributed by atoms with van der Waals surface area (Å²) < 4.78 is 0. The highest BCUT2D eigenvalue weighted by Gasteiger charge is 2.30. The van der Waals surface area contributed by atoms with Crippen LogP contribution in [0.25, 0.3) is 10.8 Å². The van der Waals surface area contributed by atoms with Crippen molar-refractivity contribution < 1.29 is 9.59 Å². The first-order valence-corrected chi connectivity index (χ1v) is 9.38. The number of hydrazine groups is 1. The fraction of sp³-hybridized carbons (Fsp3) is 0.250. The molecule has 3 aromatic carbocycles. The summed E-state index contributed by atoms with van der Waals surface area (Å²) in [4.78, 5) is 26.3. The van der Waals surface area contributed by atoms with Crippen LogP contribution in [-0.4, -0.2) is 22.4 Å². The smallest absolute Gasteiger partial charge is 0.267 e. The SMILES string of the molecule is Cc1cc(C)cc(C(=O)N(NC(=O)c2cccc3ccccc23)C(C)(C)C)c1. The lowest BCUT2D eigenvalue weighted by Crippen LogP contribution is -2.55. The molecule has 0 atom stereocenters. The van der Waals surface area contributed by atoms with E-state index < -0.39 is 5.54 Å². The average Bonchev–Trinajstić information content (AvgIpc) is 2.63. The number of carbonyl (C=O) groups is 2. The van der Waals surface area contributed by atoms with Gasteiger partial charge in [-0.05, 0) is 63.6 Å².